The first-order chi connectivity index (χ1) is 21.5. The lowest BCUT2D eigenvalue weighted by molar-refractivity contribution is -0.384. The second kappa shape index (κ2) is 13.0. The molecule has 0 radical (unpaired) electrons. The Morgan fingerprint density at radius 3 is 2.18 bits per heavy atom. The number of nitro groups is 1. The van der Waals surface area contributed by atoms with Crippen molar-refractivity contribution in [2.24, 2.45) is 4.99 Å². The van der Waals surface area contributed by atoms with Gasteiger partial charge in [0, 0.05) is 48.4 Å². The van der Waals surface area contributed by atoms with E-state index < -0.39 is 4.92 Å². The largest absolute Gasteiger partial charge is 0.507 e. The van der Waals surface area contributed by atoms with Crippen LogP contribution in [0.1, 0.15) is 24.8 Å². The van der Waals surface area contributed by atoms with Crippen LogP contribution < -0.4 is 15.1 Å². The predicted molar refractivity (Wildman–Crippen MR) is 172 cm³/mol. The number of aromatic hydroxyl groups is 1. The lowest BCUT2D eigenvalue weighted by Crippen LogP contribution is -2.31. The molecule has 0 atom stereocenters. The Kier molecular flexibility index (Phi) is 8.35. The number of phenolic OH excluding ortho intramolecular Hbond substituents is 1. The molecule has 2 N–H and O–H groups in total. The first kappa shape index (κ1) is 28.3. The average Bonchev–Trinajstić information content (AvgIpc) is 3.06. The van der Waals surface area contributed by atoms with Gasteiger partial charge in [-0.25, -0.2) is 0 Å². The van der Waals surface area contributed by atoms with E-state index >= 15 is 0 Å². The number of aliphatic imine (C=N–C) groups is 1. The van der Waals surface area contributed by atoms with Crippen molar-refractivity contribution in [1.82, 2.24) is 15.0 Å². The molecule has 1 aliphatic heterocycles. The molecule has 5 aromatic rings. The van der Waals surface area contributed by atoms with Crippen molar-refractivity contribution in [3.63, 3.8) is 0 Å². The van der Waals surface area contributed by atoms with Crippen LogP contribution in [0.2, 0.25) is 0 Å². The zero-order valence-electron chi connectivity index (χ0n) is 23.8. The van der Waals surface area contributed by atoms with Crippen molar-refractivity contribution < 1.29 is 10.0 Å². The van der Waals surface area contributed by atoms with Gasteiger partial charge in [0.2, 0.25) is 17.8 Å². The molecule has 0 bridgehead atoms. The molecule has 0 aliphatic carbocycles. The zero-order chi connectivity index (χ0) is 30.3. The van der Waals surface area contributed by atoms with Crippen LogP contribution in [-0.4, -0.2) is 44.3 Å². The predicted octanol–water partition coefficient (Wildman–Crippen LogP) is 7.44. The molecule has 220 valence electrons. The van der Waals surface area contributed by atoms with Crippen LogP contribution in [0, 0.1) is 10.1 Å². The van der Waals surface area contributed by atoms with Crippen LogP contribution in [0.3, 0.4) is 0 Å². The lowest BCUT2D eigenvalue weighted by atomic mass is 10.1. The van der Waals surface area contributed by atoms with Gasteiger partial charge in [0.25, 0.3) is 5.69 Å². The van der Waals surface area contributed by atoms with Gasteiger partial charge in [-0.1, -0.05) is 48.5 Å². The summed E-state index contributed by atoms with van der Waals surface area (Å²) in [6, 6.07) is 31.0. The molecule has 0 spiro atoms. The summed E-state index contributed by atoms with van der Waals surface area (Å²) in [5, 5.41) is 24.8. The first-order valence-corrected chi connectivity index (χ1v) is 14.3. The van der Waals surface area contributed by atoms with Gasteiger partial charge >= 0.3 is 0 Å². The summed E-state index contributed by atoms with van der Waals surface area (Å²) >= 11 is 0. The fourth-order valence-corrected chi connectivity index (χ4v) is 4.99. The van der Waals surface area contributed by atoms with E-state index in [0.29, 0.717) is 29.2 Å². The minimum Gasteiger partial charge on any atom is -0.507 e. The smallest absolute Gasteiger partial charge is 0.270 e. The number of piperidine rings is 1. The topological polar surface area (TPSA) is 133 Å². The highest BCUT2D eigenvalue weighted by molar-refractivity contribution is 5.88. The molecule has 0 unspecified atom stereocenters. The van der Waals surface area contributed by atoms with E-state index in [1.165, 1.54) is 30.8 Å². The van der Waals surface area contributed by atoms with E-state index in [-0.39, 0.29) is 17.0 Å². The number of rotatable bonds is 9. The highest BCUT2D eigenvalue weighted by Gasteiger charge is 2.22. The number of nitro benzene ring substituents is 1. The Balaban J connectivity index is 1.40. The Hall–Kier alpha value is -5.84. The lowest BCUT2D eigenvalue weighted by Gasteiger charge is -2.29. The van der Waals surface area contributed by atoms with Crippen molar-refractivity contribution in [2.45, 2.75) is 19.3 Å². The van der Waals surface area contributed by atoms with Gasteiger partial charge in [0.15, 0.2) is 0 Å². The van der Waals surface area contributed by atoms with Gasteiger partial charge in [-0.05, 0) is 61.7 Å². The number of nitrogens with zero attached hydrogens (tertiary/aromatic N) is 7. The fraction of sp³-hybridized carbons (Fsp3) is 0.152. The number of phenols is 1. The van der Waals surface area contributed by atoms with E-state index in [9.17, 15) is 15.2 Å². The molecule has 1 aromatic heterocycles. The summed E-state index contributed by atoms with van der Waals surface area (Å²) in [6.07, 6.45) is 4.69. The van der Waals surface area contributed by atoms with Gasteiger partial charge < -0.3 is 15.3 Å². The van der Waals surface area contributed by atoms with Gasteiger partial charge in [0.1, 0.15) is 5.75 Å². The van der Waals surface area contributed by atoms with Crippen LogP contribution in [0.5, 0.6) is 5.75 Å². The van der Waals surface area contributed by atoms with Gasteiger partial charge in [-0.3, -0.25) is 20.0 Å². The van der Waals surface area contributed by atoms with Crippen LogP contribution in [0.15, 0.2) is 108 Å². The zero-order valence-corrected chi connectivity index (χ0v) is 23.8. The molecule has 6 rings (SSSR count). The van der Waals surface area contributed by atoms with Gasteiger partial charge in [-0.15, -0.1) is 0 Å². The SMILES string of the molecule is O=[N+]([O-])c1ccc(O)c(C=Nc2ccccc2Nc2nc(N3CCCCC3)nc(N(c3ccccc3)c3ccccc3)n2)c1. The number of non-ortho nitro benzene ring substituents is 1. The molecule has 2 heterocycles. The Labute approximate surface area is 254 Å². The van der Waals surface area contributed by atoms with E-state index in [0.717, 1.165) is 37.3 Å². The number of aromatic nitrogens is 3. The number of hydrogen-bond acceptors (Lipinski definition) is 10. The second-order valence-corrected chi connectivity index (χ2v) is 10.2. The van der Waals surface area contributed by atoms with Gasteiger partial charge in [0.05, 0.1) is 16.3 Å². The molecule has 44 heavy (non-hydrogen) atoms. The molecular weight excluding hydrogens is 556 g/mol. The molecule has 11 nitrogen and oxygen atoms in total. The van der Waals surface area contributed by atoms with Gasteiger partial charge in [-0.2, -0.15) is 15.0 Å². The van der Waals surface area contributed by atoms with Crippen molar-refractivity contribution in [3.8, 4) is 5.75 Å². The molecule has 11 heteroatoms. The summed E-state index contributed by atoms with van der Waals surface area (Å²) in [6.45, 7) is 1.71. The van der Waals surface area contributed by atoms with Crippen molar-refractivity contribution in [3.05, 3.63) is 119 Å². The maximum absolute atomic E-state index is 11.2. The maximum Gasteiger partial charge on any atom is 0.270 e. The maximum atomic E-state index is 11.2. The molecular formula is C33H30N8O3. The van der Waals surface area contributed by atoms with Crippen molar-refractivity contribution >= 4 is 52.5 Å². The summed E-state index contributed by atoms with van der Waals surface area (Å²) in [5.74, 6) is 1.27. The number of para-hydroxylation sites is 4. The third-order valence-electron chi connectivity index (χ3n) is 7.19. The minimum absolute atomic E-state index is 0.111. The highest BCUT2D eigenvalue weighted by Crippen LogP contribution is 2.35. The third-order valence-corrected chi connectivity index (χ3v) is 7.19. The molecule has 1 fully saturated rings. The molecule has 0 amide bonds. The number of nitrogens with one attached hydrogen (secondary N) is 1. The molecule has 1 aliphatic rings. The Morgan fingerprint density at radius 1 is 0.841 bits per heavy atom. The number of benzene rings is 4. The minimum atomic E-state index is -0.515. The molecule has 1 saturated heterocycles. The fourth-order valence-electron chi connectivity index (χ4n) is 4.99. The molecule has 4 aromatic carbocycles. The highest BCUT2D eigenvalue weighted by atomic mass is 16.6. The summed E-state index contributed by atoms with van der Waals surface area (Å²) in [7, 11) is 0. The summed E-state index contributed by atoms with van der Waals surface area (Å²) < 4.78 is 0. The average molecular weight is 587 g/mol. The van der Waals surface area contributed by atoms with Crippen LogP contribution in [-0.2, 0) is 0 Å². The van der Waals surface area contributed by atoms with Crippen LogP contribution in [0.25, 0.3) is 0 Å². The van der Waals surface area contributed by atoms with E-state index in [1.54, 1.807) is 6.07 Å². The van der Waals surface area contributed by atoms with Crippen molar-refractivity contribution in [1.29, 1.82) is 0 Å². The van der Waals surface area contributed by atoms with E-state index in [4.69, 9.17) is 15.0 Å². The normalized spacial score (nSPS) is 13.1. The Morgan fingerprint density at radius 2 is 1.50 bits per heavy atom. The number of hydrogen-bond donors (Lipinski definition) is 2. The van der Waals surface area contributed by atoms with Crippen LogP contribution in [0.4, 0.5) is 46.3 Å². The third kappa shape index (κ3) is 6.46. The Bertz CT molecular complexity index is 1740. The van der Waals surface area contributed by atoms with Crippen molar-refractivity contribution in [2.75, 3.05) is 28.2 Å². The summed E-state index contributed by atoms with van der Waals surface area (Å²) in [5.41, 5.74) is 3.04. The second-order valence-electron chi connectivity index (χ2n) is 10.2. The standard InChI is InChI=1S/C33H30N8O3/c42-30-19-18-27(41(43)44)22-24(30)23-34-28-16-8-9-17-29(28)35-31-36-32(39-20-10-3-11-21-39)38-33(37-31)40(25-12-4-1-5-13-25)26-14-6-2-7-15-26/h1-2,4-9,12-19,22-23,42H,3,10-11,20-21H2,(H,35,36,37,38). The summed E-state index contributed by atoms with van der Waals surface area (Å²) in [4.78, 5) is 34.1. The van der Waals surface area contributed by atoms with Crippen LogP contribution >= 0.6 is 0 Å². The monoisotopic (exact) mass is 586 g/mol. The number of anilines is 6. The van der Waals surface area contributed by atoms with E-state index in [2.05, 4.69) is 15.2 Å². The quantitative estimate of drug-likeness (QED) is 0.103. The molecule has 0 saturated carbocycles. The first-order valence-electron chi connectivity index (χ1n) is 14.3. The van der Waals surface area contributed by atoms with E-state index in [1.807, 2.05) is 83.8 Å².